The summed E-state index contributed by atoms with van der Waals surface area (Å²) in [6, 6.07) is 0. The van der Waals surface area contributed by atoms with Crippen LogP contribution >= 0.6 is 11.6 Å². The van der Waals surface area contributed by atoms with Crippen molar-refractivity contribution in [2.75, 3.05) is 5.88 Å². The Morgan fingerprint density at radius 3 is 2.20 bits per heavy atom. The predicted octanol–water partition coefficient (Wildman–Crippen LogP) is 1.81. The van der Waals surface area contributed by atoms with E-state index in [9.17, 15) is 4.79 Å². The number of esters is 1. The average molecular weight is 165 g/mol. The van der Waals surface area contributed by atoms with Gasteiger partial charge in [-0.15, -0.1) is 11.6 Å². The van der Waals surface area contributed by atoms with Gasteiger partial charge in [-0.1, -0.05) is 13.8 Å². The first-order chi connectivity index (χ1) is 4.57. The van der Waals surface area contributed by atoms with Crippen molar-refractivity contribution >= 4 is 17.6 Å². The Morgan fingerprint density at radius 1 is 1.60 bits per heavy atom. The van der Waals surface area contributed by atoms with Crippen LogP contribution < -0.4 is 0 Å². The number of hydrogen-bond acceptors (Lipinski definition) is 2. The second-order valence-corrected chi connectivity index (χ2v) is 2.85. The maximum absolute atomic E-state index is 10.4. The van der Waals surface area contributed by atoms with Crippen LogP contribution in [-0.4, -0.2) is 18.0 Å². The molecular weight excluding hydrogens is 152 g/mol. The molecule has 10 heavy (non-hydrogen) atoms. The van der Waals surface area contributed by atoms with Crippen LogP contribution in [0.25, 0.3) is 0 Å². The third-order valence-electron chi connectivity index (χ3n) is 1.21. The number of carbonyl (C=O) groups is 1. The fourth-order valence-corrected chi connectivity index (χ4v) is 0.978. The summed E-state index contributed by atoms with van der Waals surface area (Å²) in [6.45, 7) is 5.33. The van der Waals surface area contributed by atoms with Crippen molar-refractivity contribution in [2.45, 2.75) is 26.9 Å². The SMILES string of the molecule is CC(=O)OC(CCl)C(C)C. The van der Waals surface area contributed by atoms with Crippen molar-refractivity contribution in [2.24, 2.45) is 5.92 Å². The minimum atomic E-state index is -0.264. The Bertz CT molecular complexity index is 112. The second-order valence-electron chi connectivity index (χ2n) is 2.55. The van der Waals surface area contributed by atoms with Crippen LogP contribution in [0.15, 0.2) is 0 Å². The molecule has 0 aliphatic heterocycles. The summed E-state index contributed by atoms with van der Waals surface area (Å²) in [6.07, 6.45) is -0.140. The predicted molar refractivity (Wildman–Crippen MR) is 41.1 cm³/mol. The molecule has 0 fully saturated rings. The van der Waals surface area contributed by atoms with Gasteiger partial charge in [0.1, 0.15) is 6.10 Å². The summed E-state index contributed by atoms with van der Waals surface area (Å²) in [7, 11) is 0. The van der Waals surface area contributed by atoms with Crippen LogP contribution in [0.5, 0.6) is 0 Å². The van der Waals surface area contributed by atoms with Crippen LogP contribution in [-0.2, 0) is 9.53 Å². The lowest BCUT2D eigenvalue weighted by atomic mass is 10.1. The van der Waals surface area contributed by atoms with E-state index in [1.165, 1.54) is 6.92 Å². The smallest absolute Gasteiger partial charge is 0.302 e. The van der Waals surface area contributed by atoms with Crippen molar-refractivity contribution < 1.29 is 9.53 Å². The third-order valence-corrected chi connectivity index (χ3v) is 1.52. The highest BCUT2D eigenvalue weighted by atomic mass is 35.5. The molecule has 1 atom stereocenters. The lowest BCUT2D eigenvalue weighted by Gasteiger charge is -2.17. The minimum Gasteiger partial charge on any atom is -0.461 e. The number of rotatable bonds is 3. The zero-order chi connectivity index (χ0) is 8.15. The molecule has 0 rings (SSSR count). The topological polar surface area (TPSA) is 26.3 Å². The van der Waals surface area contributed by atoms with E-state index in [0.717, 1.165) is 0 Å². The molecule has 0 spiro atoms. The molecule has 0 heterocycles. The van der Waals surface area contributed by atoms with Crippen LogP contribution in [0.3, 0.4) is 0 Å². The zero-order valence-corrected chi connectivity index (χ0v) is 7.31. The summed E-state index contributed by atoms with van der Waals surface area (Å²) in [5.41, 5.74) is 0. The highest BCUT2D eigenvalue weighted by molar-refractivity contribution is 6.18. The van der Waals surface area contributed by atoms with Crippen molar-refractivity contribution in [3.05, 3.63) is 0 Å². The number of ether oxygens (including phenoxy) is 1. The second kappa shape index (κ2) is 4.56. The molecule has 0 saturated heterocycles. The van der Waals surface area contributed by atoms with Gasteiger partial charge in [0.05, 0.1) is 5.88 Å². The van der Waals surface area contributed by atoms with Gasteiger partial charge in [0, 0.05) is 6.92 Å². The maximum Gasteiger partial charge on any atom is 0.302 e. The van der Waals surface area contributed by atoms with E-state index in [4.69, 9.17) is 16.3 Å². The Labute approximate surface area is 66.5 Å². The average Bonchev–Trinajstić information content (AvgIpc) is 1.81. The summed E-state index contributed by atoms with van der Waals surface area (Å²) >= 11 is 5.53. The lowest BCUT2D eigenvalue weighted by molar-refractivity contribution is -0.147. The third kappa shape index (κ3) is 3.72. The Morgan fingerprint density at radius 2 is 2.10 bits per heavy atom. The molecule has 0 aliphatic rings. The highest BCUT2D eigenvalue weighted by Crippen LogP contribution is 2.07. The van der Waals surface area contributed by atoms with Gasteiger partial charge < -0.3 is 4.74 Å². The largest absolute Gasteiger partial charge is 0.461 e. The fraction of sp³-hybridized carbons (Fsp3) is 0.857. The van der Waals surface area contributed by atoms with Gasteiger partial charge in [0.25, 0.3) is 0 Å². The van der Waals surface area contributed by atoms with Crippen LogP contribution in [0, 0.1) is 5.92 Å². The molecule has 2 nitrogen and oxygen atoms in total. The van der Waals surface area contributed by atoms with Gasteiger partial charge in [-0.25, -0.2) is 0 Å². The van der Waals surface area contributed by atoms with E-state index < -0.39 is 0 Å². The molecule has 0 bridgehead atoms. The van der Waals surface area contributed by atoms with E-state index >= 15 is 0 Å². The van der Waals surface area contributed by atoms with Gasteiger partial charge in [0.15, 0.2) is 0 Å². The molecule has 0 aromatic rings. The minimum absolute atomic E-state index is 0.140. The van der Waals surface area contributed by atoms with Crippen molar-refractivity contribution in [3.8, 4) is 0 Å². The van der Waals surface area contributed by atoms with Crippen LogP contribution in [0.2, 0.25) is 0 Å². The number of halogens is 1. The molecule has 0 saturated carbocycles. The van der Waals surface area contributed by atoms with E-state index in [1.807, 2.05) is 13.8 Å². The molecule has 0 N–H and O–H groups in total. The van der Waals surface area contributed by atoms with Crippen molar-refractivity contribution in [1.29, 1.82) is 0 Å². The van der Waals surface area contributed by atoms with E-state index in [1.54, 1.807) is 0 Å². The van der Waals surface area contributed by atoms with Crippen LogP contribution in [0.1, 0.15) is 20.8 Å². The highest BCUT2D eigenvalue weighted by Gasteiger charge is 2.14. The fourth-order valence-electron chi connectivity index (χ4n) is 0.559. The quantitative estimate of drug-likeness (QED) is 0.470. The lowest BCUT2D eigenvalue weighted by Crippen LogP contribution is -2.23. The summed E-state index contributed by atoms with van der Waals surface area (Å²) < 4.78 is 4.89. The number of hydrogen-bond donors (Lipinski definition) is 0. The summed E-state index contributed by atoms with van der Waals surface area (Å²) in [5.74, 6) is 0.401. The van der Waals surface area contributed by atoms with Gasteiger partial charge >= 0.3 is 5.97 Å². The molecule has 0 amide bonds. The van der Waals surface area contributed by atoms with Gasteiger partial charge in [-0.05, 0) is 5.92 Å². The molecule has 0 aromatic heterocycles. The molecule has 0 aliphatic carbocycles. The normalized spacial score (nSPS) is 13.3. The Hall–Kier alpha value is -0.240. The van der Waals surface area contributed by atoms with E-state index in [2.05, 4.69) is 0 Å². The van der Waals surface area contributed by atoms with Crippen LogP contribution in [0.4, 0.5) is 0 Å². The monoisotopic (exact) mass is 164 g/mol. The maximum atomic E-state index is 10.4. The standard InChI is InChI=1S/C7H13ClO2/c1-5(2)7(4-8)10-6(3)9/h5,7H,4H2,1-3H3. The van der Waals surface area contributed by atoms with Crippen molar-refractivity contribution in [3.63, 3.8) is 0 Å². The molecule has 3 heteroatoms. The van der Waals surface area contributed by atoms with Gasteiger partial charge in [-0.2, -0.15) is 0 Å². The Balaban J connectivity index is 3.71. The van der Waals surface area contributed by atoms with E-state index in [-0.39, 0.29) is 12.1 Å². The summed E-state index contributed by atoms with van der Waals surface area (Å²) in [5, 5.41) is 0. The van der Waals surface area contributed by atoms with Gasteiger partial charge in [-0.3, -0.25) is 4.79 Å². The molecular formula is C7H13ClO2. The molecule has 60 valence electrons. The van der Waals surface area contributed by atoms with Gasteiger partial charge in [0.2, 0.25) is 0 Å². The number of alkyl halides is 1. The van der Waals surface area contributed by atoms with E-state index in [0.29, 0.717) is 11.8 Å². The number of carbonyl (C=O) groups excluding carboxylic acids is 1. The molecule has 1 unspecified atom stereocenters. The molecule has 0 radical (unpaired) electrons. The first-order valence-corrected chi connectivity index (χ1v) is 3.84. The zero-order valence-electron chi connectivity index (χ0n) is 6.56. The van der Waals surface area contributed by atoms with Crippen molar-refractivity contribution in [1.82, 2.24) is 0 Å². The summed E-state index contributed by atoms with van der Waals surface area (Å²) in [4.78, 5) is 10.4. The molecule has 0 aromatic carbocycles. The Kier molecular flexibility index (Phi) is 4.45. The first-order valence-electron chi connectivity index (χ1n) is 3.31. The first kappa shape index (κ1) is 9.76.